The molecule has 4 heteroatoms. The van der Waals surface area contributed by atoms with Crippen molar-refractivity contribution in [3.63, 3.8) is 0 Å². The van der Waals surface area contributed by atoms with E-state index in [2.05, 4.69) is 52.7 Å². The Morgan fingerprint density at radius 2 is 1.61 bits per heavy atom. The highest BCUT2D eigenvalue weighted by atomic mass is 15.2. The molecule has 0 radical (unpaired) electrons. The molecule has 0 unspecified atom stereocenters. The molecule has 0 N–H and O–H groups in total. The van der Waals surface area contributed by atoms with Crippen molar-refractivity contribution in [3.8, 4) is 22.3 Å². The number of benzene rings is 2. The standard InChI is InChI=1S/C27H22N4/c1-2-6-19(7-3-1)20-10-12-21(13-11-20)22-16-29-27-25(17-30-31(27)18-22)23-14-15-28-26-9-5-4-8-24(23)26/h4-6,8-18H,1-3,7H2. The lowest BCUT2D eigenvalue weighted by Gasteiger charge is -2.13. The highest BCUT2D eigenvalue weighted by molar-refractivity contribution is 5.97. The second kappa shape index (κ2) is 7.47. The number of rotatable bonds is 3. The number of hydrogen-bond donors (Lipinski definition) is 0. The molecule has 0 atom stereocenters. The van der Waals surface area contributed by atoms with Crippen molar-refractivity contribution in [2.45, 2.75) is 25.7 Å². The summed E-state index contributed by atoms with van der Waals surface area (Å²) >= 11 is 0. The molecule has 1 aliphatic carbocycles. The third-order valence-corrected chi connectivity index (χ3v) is 6.18. The third-order valence-electron chi connectivity index (χ3n) is 6.18. The first-order valence-electron chi connectivity index (χ1n) is 10.8. The summed E-state index contributed by atoms with van der Waals surface area (Å²) in [6.07, 6.45) is 15.1. The predicted molar refractivity (Wildman–Crippen MR) is 126 cm³/mol. The largest absolute Gasteiger partial charge is 0.256 e. The van der Waals surface area contributed by atoms with Gasteiger partial charge in [0.05, 0.1) is 11.7 Å². The summed E-state index contributed by atoms with van der Waals surface area (Å²) in [6, 6.07) is 19.1. The van der Waals surface area contributed by atoms with Crippen LogP contribution >= 0.6 is 0 Å². The maximum absolute atomic E-state index is 4.78. The molecule has 0 saturated carbocycles. The molecule has 0 saturated heterocycles. The maximum atomic E-state index is 4.78. The second-order valence-electron chi connectivity index (χ2n) is 8.10. The smallest absolute Gasteiger partial charge is 0.162 e. The van der Waals surface area contributed by atoms with Gasteiger partial charge in [0.1, 0.15) is 0 Å². The lowest BCUT2D eigenvalue weighted by Crippen LogP contribution is -1.94. The summed E-state index contributed by atoms with van der Waals surface area (Å²) in [6.45, 7) is 0. The Hall–Kier alpha value is -3.79. The second-order valence-corrected chi connectivity index (χ2v) is 8.10. The van der Waals surface area contributed by atoms with Crippen LogP contribution in [0.25, 0.3) is 44.4 Å². The Bertz CT molecular complexity index is 1420. The molecule has 0 amide bonds. The zero-order valence-electron chi connectivity index (χ0n) is 17.2. The van der Waals surface area contributed by atoms with Crippen LogP contribution in [0.5, 0.6) is 0 Å². The van der Waals surface area contributed by atoms with Gasteiger partial charge in [-0.25, -0.2) is 9.50 Å². The van der Waals surface area contributed by atoms with E-state index < -0.39 is 0 Å². The monoisotopic (exact) mass is 402 g/mol. The van der Waals surface area contributed by atoms with Gasteiger partial charge in [0.2, 0.25) is 0 Å². The molecule has 0 spiro atoms. The molecule has 3 aromatic heterocycles. The van der Waals surface area contributed by atoms with Gasteiger partial charge in [-0.05, 0) is 60.1 Å². The number of nitrogens with zero attached hydrogens (tertiary/aromatic N) is 4. The molecular weight excluding hydrogens is 380 g/mol. The summed E-state index contributed by atoms with van der Waals surface area (Å²) in [7, 11) is 0. The molecule has 4 nitrogen and oxygen atoms in total. The number of hydrogen-bond acceptors (Lipinski definition) is 3. The Labute approximate surface area is 180 Å². The number of pyridine rings is 1. The maximum Gasteiger partial charge on any atom is 0.162 e. The van der Waals surface area contributed by atoms with E-state index in [9.17, 15) is 0 Å². The first-order chi connectivity index (χ1) is 15.4. The minimum Gasteiger partial charge on any atom is -0.256 e. The fourth-order valence-corrected chi connectivity index (χ4v) is 4.52. The molecule has 31 heavy (non-hydrogen) atoms. The molecule has 5 aromatic rings. The Kier molecular flexibility index (Phi) is 4.34. The Morgan fingerprint density at radius 3 is 2.48 bits per heavy atom. The van der Waals surface area contributed by atoms with Gasteiger partial charge in [-0.3, -0.25) is 4.98 Å². The lowest BCUT2D eigenvalue weighted by atomic mass is 9.93. The molecular formula is C27H22N4. The average Bonchev–Trinajstić information content (AvgIpc) is 3.27. The lowest BCUT2D eigenvalue weighted by molar-refractivity contribution is 0.742. The summed E-state index contributed by atoms with van der Waals surface area (Å²) in [5, 5.41) is 5.71. The highest BCUT2D eigenvalue weighted by Gasteiger charge is 2.13. The van der Waals surface area contributed by atoms with E-state index in [4.69, 9.17) is 4.98 Å². The zero-order valence-corrected chi connectivity index (χ0v) is 17.2. The van der Waals surface area contributed by atoms with Crippen molar-refractivity contribution < 1.29 is 0 Å². The molecule has 3 heterocycles. The summed E-state index contributed by atoms with van der Waals surface area (Å²) in [5.74, 6) is 0. The van der Waals surface area contributed by atoms with Crippen molar-refractivity contribution in [1.29, 1.82) is 0 Å². The minimum absolute atomic E-state index is 0.851. The van der Waals surface area contributed by atoms with Gasteiger partial charge in [-0.1, -0.05) is 48.5 Å². The van der Waals surface area contributed by atoms with Gasteiger partial charge in [0.25, 0.3) is 0 Å². The van der Waals surface area contributed by atoms with Crippen LogP contribution in [0.3, 0.4) is 0 Å². The van der Waals surface area contributed by atoms with E-state index in [-0.39, 0.29) is 0 Å². The normalized spacial score (nSPS) is 14.1. The van der Waals surface area contributed by atoms with Crippen molar-refractivity contribution in [2.75, 3.05) is 0 Å². The molecule has 6 rings (SSSR count). The van der Waals surface area contributed by atoms with Gasteiger partial charge < -0.3 is 0 Å². The first kappa shape index (κ1) is 18.0. The van der Waals surface area contributed by atoms with Crippen LogP contribution in [0.15, 0.2) is 85.5 Å². The van der Waals surface area contributed by atoms with Crippen molar-refractivity contribution >= 4 is 22.1 Å². The predicted octanol–water partition coefficient (Wildman–Crippen LogP) is 6.57. The van der Waals surface area contributed by atoms with E-state index in [0.717, 1.165) is 38.8 Å². The van der Waals surface area contributed by atoms with E-state index in [1.165, 1.54) is 36.8 Å². The van der Waals surface area contributed by atoms with Gasteiger partial charge in [0, 0.05) is 35.1 Å². The van der Waals surface area contributed by atoms with Crippen LogP contribution in [0.2, 0.25) is 0 Å². The molecule has 150 valence electrons. The fourth-order valence-electron chi connectivity index (χ4n) is 4.52. The van der Waals surface area contributed by atoms with Crippen LogP contribution < -0.4 is 0 Å². The average molecular weight is 403 g/mol. The number of para-hydroxylation sites is 1. The number of fused-ring (bicyclic) bond motifs is 2. The fraction of sp³-hybridized carbons (Fsp3) is 0.148. The van der Waals surface area contributed by atoms with E-state index in [1.807, 2.05) is 47.4 Å². The quantitative estimate of drug-likeness (QED) is 0.343. The van der Waals surface area contributed by atoms with Crippen LogP contribution in [-0.2, 0) is 0 Å². The highest BCUT2D eigenvalue weighted by Crippen LogP contribution is 2.31. The molecule has 2 aromatic carbocycles. The third kappa shape index (κ3) is 3.21. The Balaban J connectivity index is 1.38. The first-order valence-corrected chi connectivity index (χ1v) is 10.8. The van der Waals surface area contributed by atoms with Crippen LogP contribution in [0.1, 0.15) is 31.2 Å². The van der Waals surface area contributed by atoms with Crippen LogP contribution in [-0.4, -0.2) is 19.6 Å². The van der Waals surface area contributed by atoms with E-state index in [1.54, 1.807) is 0 Å². The summed E-state index contributed by atoms with van der Waals surface area (Å²) in [4.78, 5) is 9.26. The van der Waals surface area contributed by atoms with Crippen molar-refractivity contribution in [1.82, 2.24) is 19.6 Å². The minimum atomic E-state index is 0.851. The molecule has 0 aliphatic heterocycles. The number of allylic oxidation sites excluding steroid dienone is 2. The topological polar surface area (TPSA) is 43.1 Å². The number of aromatic nitrogens is 4. The van der Waals surface area contributed by atoms with Crippen molar-refractivity contribution in [2.24, 2.45) is 0 Å². The van der Waals surface area contributed by atoms with Gasteiger partial charge in [0.15, 0.2) is 5.65 Å². The van der Waals surface area contributed by atoms with E-state index in [0.29, 0.717) is 0 Å². The van der Waals surface area contributed by atoms with Gasteiger partial charge in [-0.15, -0.1) is 0 Å². The van der Waals surface area contributed by atoms with Crippen molar-refractivity contribution in [3.05, 3.63) is 91.0 Å². The molecule has 1 aliphatic rings. The summed E-state index contributed by atoms with van der Waals surface area (Å²) in [5.41, 5.74) is 8.98. The van der Waals surface area contributed by atoms with E-state index >= 15 is 0 Å². The summed E-state index contributed by atoms with van der Waals surface area (Å²) < 4.78 is 1.87. The van der Waals surface area contributed by atoms with Gasteiger partial charge in [-0.2, -0.15) is 5.10 Å². The van der Waals surface area contributed by atoms with Crippen LogP contribution in [0, 0.1) is 0 Å². The van der Waals surface area contributed by atoms with Crippen LogP contribution in [0.4, 0.5) is 0 Å². The Morgan fingerprint density at radius 1 is 0.742 bits per heavy atom. The molecule has 0 fully saturated rings. The zero-order chi connectivity index (χ0) is 20.6. The SMILES string of the molecule is C1=C(c2ccc(-c3cnc4c(-c5ccnc6ccccc56)cnn4c3)cc2)CCCC1. The van der Waals surface area contributed by atoms with Gasteiger partial charge >= 0.3 is 0 Å². The molecule has 0 bridgehead atoms.